The minimum atomic E-state index is -0.874. The highest BCUT2D eigenvalue weighted by atomic mass is 35.5. The van der Waals surface area contributed by atoms with Gasteiger partial charge >= 0.3 is 5.97 Å². The van der Waals surface area contributed by atoms with Crippen molar-refractivity contribution in [2.75, 3.05) is 0 Å². The molecule has 0 radical (unpaired) electrons. The molecule has 116 valence electrons. The number of rotatable bonds is 6. The van der Waals surface area contributed by atoms with Crippen LogP contribution in [0.15, 0.2) is 42.7 Å². The van der Waals surface area contributed by atoms with Crippen molar-refractivity contribution in [1.82, 2.24) is 10.3 Å². The lowest BCUT2D eigenvalue weighted by atomic mass is 9.89. The summed E-state index contributed by atoms with van der Waals surface area (Å²) in [5.74, 6) is -0.874. The maximum absolute atomic E-state index is 11.2. The number of benzene rings is 1. The van der Waals surface area contributed by atoms with Gasteiger partial charge in [-0.25, -0.2) is 0 Å². The Hall–Kier alpha value is -1.62. The number of aromatic nitrogens is 1. The highest BCUT2D eigenvalue weighted by molar-refractivity contribution is 6.42. The molecule has 1 atom stereocenters. The van der Waals surface area contributed by atoms with Crippen LogP contribution in [0.3, 0.4) is 0 Å². The Morgan fingerprint density at radius 1 is 1.23 bits per heavy atom. The Morgan fingerprint density at radius 3 is 2.50 bits per heavy atom. The fraction of sp³-hybridized carbons (Fsp3) is 0.250. The van der Waals surface area contributed by atoms with Gasteiger partial charge in [-0.3, -0.25) is 9.78 Å². The van der Waals surface area contributed by atoms with E-state index in [4.69, 9.17) is 23.2 Å². The molecule has 6 heteroatoms. The first kappa shape index (κ1) is 16.7. The summed E-state index contributed by atoms with van der Waals surface area (Å²) in [6, 6.07) is 8.97. The van der Waals surface area contributed by atoms with Crippen molar-refractivity contribution in [2.24, 2.45) is 0 Å². The van der Waals surface area contributed by atoms with Crippen molar-refractivity contribution in [3.05, 3.63) is 63.9 Å². The van der Waals surface area contributed by atoms with Crippen LogP contribution in [0.2, 0.25) is 10.0 Å². The van der Waals surface area contributed by atoms with Crippen molar-refractivity contribution in [3.63, 3.8) is 0 Å². The molecule has 1 unspecified atom stereocenters. The number of halogens is 2. The SMILES string of the molecule is CC(CC(=O)O)(NCc1ccc(Cl)c(Cl)c1)c1ccncc1. The summed E-state index contributed by atoms with van der Waals surface area (Å²) >= 11 is 11.9. The second kappa shape index (κ2) is 7.09. The lowest BCUT2D eigenvalue weighted by Gasteiger charge is -2.30. The van der Waals surface area contributed by atoms with Gasteiger partial charge in [0.05, 0.1) is 22.0 Å². The Bertz CT molecular complexity index is 664. The largest absolute Gasteiger partial charge is 0.481 e. The summed E-state index contributed by atoms with van der Waals surface area (Å²) in [4.78, 5) is 15.2. The molecule has 2 rings (SSSR count). The van der Waals surface area contributed by atoms with Gasteiger partial charge in [0, 0.05) is 18.9 Å². The van der Waals surface area contributed by atoms with Crippen LogP contribution >= 0.6 is 23.2 Å². The van der Waals surface area contributed by atoms with Crippen LogP contribution in [0, 0.1) is 0 Å². The molecule has 1 aromatic carbocycles. The van der Waals surface area contributed by atoms with Crippen LogP contribution in [0.25, 0.3) is 0 Å². The zero-order valence-corrected chi connectivity index (χ0v) is 13.5. The molecule has 0 aliphatic carbocycles. The number of hydrogen-bond acceptors (Lipinski definition) is 3. The monoisotopic (exact) mass is 338 g/mol. The second-order valence-corrected chi connectivity index (χ2v) is 6.05. The Labute approximate surface area is 139 Å². The number of carbonyl (C=O) groups is 1. The molecule has 1 heterocycles. The van der Waals surface area contributed by atoms with Gasteiger partial charge in [-0.1, -0.05) is 29.3 Å². The molecule has 0 amide bonds. The predicted molar refractivity (Wildman–Crippen MR) is 87.1 cm³/mol. The fourth-order valence-corrected chi connectivity index (χ4v) is 2.56. The van der Waals surface area contributed by atoms with E-state index in [1.807, 2.05) is 25.1 Å². The molecule has 0 saturated heterocycles. The highest BCUT2D eigenvalue weighted by Crippen LogP contribution is 2.26. The molecule has 0 spiro atoms. The quantitative estimate of drug-likeness (QED) is 0.839. The summed E-state index contributed by atoms with van der Waals surface area (Å²) in [5, 5.41) is 13.5. The fourth-order valence-electron chi connectivity index (χ4n) is 2.24. The van der Waals surface area contributed by atoms with E-state index in [-0.39, 0.29) is 6.42 Å². The van der Waals surface area contributed by atoms with Crippen molar-refractivity contribution in [1.29, 1.82) is 0 Å². The van der Waals surface area contributed by atoms with Gasteiger partial charge < -0.3 is 10.4 Å². The third-order valence-electron chi connectivity index (χ3n) is 3.49. The highest BCUT2D eigenvalue weighted by Gasteiger charge is 2.29. The van der Waals surface area contributed by atoms with E-state index >= 15 is 0 Å². The molecule has 0 fully saturated rings. The first-order valence-electron chi connectivity index (χ1n) is 6.72. The number of hydrogen-bond donors (Lipinski definition) is 2. The Balaban J connectivity index is 2.20. The van der Waals surface area contributed by atoms with E-state index in [0.29, 0.717) is 16.6 Å². The van der Waals surface area contributed by atoms with Crippen LogP contribution in [0.1, 0.15) is 24.5 Å². The standard InChI is InChI=1S/C16H16Cl2N2O2/c1-16(9-15(21)22,12-4-6-19-7-5-12)20-10-11-2-3-13(17)14(18)8-11/h2-8,20H,9-10H2,1H3,(H,21,22). The van der Waals surface area contributed by atoms with Gasteiger partial charge in [-0.15, -0.1) is 0 Å². The normalized spacial score (nSPS) is 13.6. The number of pyridine rings is 1. The number of nitrogens with one attached hydrogen (secondary N) is 1. The van der Waals surface area contributed by atoms with E-state index in [1.165, 1.54) is 0 Å². The Morgan fingerprint density at radius 2 is 1.91 bits per heavy atom. The molecule has 4 nitrogen and oxygen atoms in total. The van der Waals surface area contributed by atoms with Crippen molar-refractivity contribution in [2.45, 2.75) is 25.4 Å². The first-order valence-corrected chi connectivity index (χ1v) is 7.47. The van der Waals surface area contributed by atoms with E-state index in [2.05, 4.69) is 10.3 Å². The van der Waals surface area contributed by atoms with Gasteiger partial charge in [-0.05, 0) is 42.3 Å². The lowest BCUT2D eigenvalue weighted by molar-refractivity contribution is -0.138. The molecule has 2 N–H and O–H groups in total. The van der Waals surface area contributed by atoms with Crippen molar-refractivity contribution in [3.8, 4) is 0 Å². The van der Waals surface area contributed by atoms with E-state index in [9.17, 15) is 9.90 Å². The summed E-state index contributed by atoms with van der Waals surface area (Å²) in [6.07, 6.45) is 3.25. The third-order valence-corrected chi connectivity index (χ3v) is 4.23. The second-order valence-electron chi connectivity index (χ2n) is 5.24. The van der Waals surface area contributed by atoms with Crippen LogP contribution in [-0.4, -0.2) is 16.1 Å². The van der Waals surface area contributed by atoms with Crippen LogP contribution in [-0.2, 0) is 16.9 Å². The van der Waals surface area contributed by atoms with Crippen LogP contribution < -0.4 is 5.32 Å². The average Bonchev–Trinajstić information content (AvgIpc) is 2.49. The number of carboxylic acids is 1. The van der Waals surface area contributed by atoms with E-state index in [1.54, 1.807) is 24.5 Å². The van der Waals surface area contributed by atoms with Crippen LogP contribution in [0.4, 0.5) is 0 Å². The molecule has 0 aliphatic rings. The summed E-state index contributed by atoms with van der Waals surface area (Å²) in [6.45, 7) is 2.33. The molecular weight excluding hydrogens is 323 g/mol. The molecular formula is C16H16Cl2N2O2. The average molecular weight is 339 g/mol. The molecule has 0 bridgehead atoms. The minimum absolute atomic E-state index is 0.0433. The predicted octanol–water partition coefficient (Wildman–Crippen LogP) is 3.87. The molecule has 0 aliphatic heterocycles. The molecule has 1 aromatic heterocycles. The Kier molecular flexibility index (Phi) is 5.40. The molecule has 0 saturated carbocycles. The summed E-state index contributed by atoms with van der Waals surface area (Å²) < 4.78 is 0. The number of carboxylic acid groups (broad SMARTS) is 1. The third kappa shape index (κ3) is 4.19. The molecule has 22 heavy (non-hydrogen) atoms. The van der Waals surface area contributed by atoms with Crippen molar-refractivity contribution >= 4 is 29.2 Å². The van der Waals surface area contributed by atoms with Gasteiger partial charge in [0.2, 0.25) is 0 Å². The summed E-state index contributed by atoms with van der Waals surface area (Å²) in [5.41, 5.74) is 1.09. The van der Waals surface area contributed by atoms with Gasteiger partial charge in [0.25, 0.3) is 0 Å². The van der Waals surface area contributed by atoms with E-state index < -0.39 is 11.5 Å². The molecule has 2 aromatic rings. The smallest absolute Gasteiger partial charge is 0.305 e. The van der Waals surface area contributed by atoms with E-state index in [0.717, 1.165) is 11.1 Å². The maximum Gasteiger partial charge on any atom is 0.305 e. The maximum atomic E-state index is 11.2. The number of aliphatic carboxylic acids is 1. The zero-order chi connectivity index (χ0) is 16.2. The topological polar surface area (TPSA) is 62.2 Å². The van der Waals surface area contributed by atoms with Gasteiger partial charge in [0.1, 0.15) is 0 Å². The number of nitrogens with zero attached hydrogens (tertiary/aromatic N) is 1. The van der Waals surface area contributed by atoms with Gasteiger partial charge in [-0.2, -0.15) is 0 Å². The summed E-state index contributed by atoms with van der Waals surface area (Å²) in [7, 11) is 0. The lowest BCUT2D eigenvalue weighted by Crippen LogP contribution is -2.41. The zero-order valence-electron chi connectivity index (χ0n) is 12.0. The first-order chi connectivity index (χ1) is 10.4. The van der Waals surface area contributed by atoms with Crippen LogP contribution in [0.5, 0.6) is 0 Å². The van der Waals surface area contributed by atoms with Crippen molar-refractivity contribution < 1.29 is 9.90 Å². The van der Waals surface area contributed by atoms with Gasteiger partial charge in [0.15, 0.2) is 0 Å². The minimum Gasteiger partial charge on any atom is -0.481 e.